The van der Waals surface area contributed by atoms with Crippen molar-refractivity contribution in [3.8, 4) is 5.75 Å². The monoisotopic (exact) mass is 342 g/mol. The first kappa shape index (κ1) is 17.2. The Morgan fingerprint density at radius 3 is 2.84 bits per heavy atom. The Labute approximate surface area is 146 Å². The van der Waals surface area contributed by atoms with E-state index in [9.17, 15) is 4.79 Å². The molecule has 1 aromatic heterocycles. The van der Waals surface area contributed by atoms with Crippen molar-refractivity contribution in [3.05, 3.63) is 48.4 Å². The van der Waals surface area contributed by atoms with E-state index in [1.54, 1.807) is 30.7 Å². The highest BCUT2D eigenvalue weighted by atomic mass is 16.5. The molecule has 0 radical (unpaired) electrons. The molecular weight excluding hydrogens is 320 g/mol. The molecule has 1 saturated heterocycles. The molecule has 0 aliphatic carbocycles. The summed E-state index contributed by atoms with van der Waals surface area (Å²) in [6.07, 6.45) is 7.19. The first-order chi connectivity index (χ1) is 12.3. The Balaban J connectivity index is 1.38. The number of hydrogen-bond donors (Lipinski definition) is 2. The standard InChI is InChI=1S/C18H22N4O3/c23-18(22-10-9-21-17-12-19-7-8-20-17)14-3-5-15(6-4-14)25-13-16-2-1-11-24-16/h3-8,12,16H,1-2,9-11,13H2,(H,20,21)(H,22,23)/t16-/m0/s1. The fourth-order valence-electron chi connectivity index (χ4n) is 2.53. The van der Waals surface area contributed by atoms with Gasteiger partial charge in [-0.15, -0.1) is 0 Å². The molecule has 1 aliphatic heterocycles. The van der Waals surface area contributed by atoms with Crippen molar-refractivity contribution in [1.29, 1.82) is 0 Å². The van der Waals surface area contributed by atoms with Crippen LogP contribution in [0, 0.1) is 0 Å². The van der Waals surface area contributed by atoms with Gasteiger partial charge in [-0.25, -0.2) is 4.98 Å². The van der Waals surface area contributed by atoms with Crippen molar-refractivity contribution in [2.45, 2.75) is 18.9 Å². The van der Waals surface area contributed by atoms with Crippen LogP contribution in [0.1, 0.15) is 23.2 Å². The Bertz CT molecular complexity index is 658. The van der Waals surface area contributed by atoms with Crippen LogP contribution in [-0.4, -0.2) is 48.3 Å². The SMILES string of the molecule is O=C(NCCNc1cnccn1)c1ccc(OC[C@@H]2CCCO2)cc1. The zero-order valence-corrected chi connectivity index (χ0v) is 14.0. The summed E-state index contributed by atoms with van der Waals surface area (Å²) in [6.45, 7) is 2.44. The van der Waals surface area contributed by atoms with Gasteiger partial charge in [-0.2, -0.15) is 0 Å². The molecule has 0 spiro atoms. The van der Waals surface area contributed by atoms with E-state index < -0.39 is 0 Å². The van der Waals surface area contributed by atoms with Crippen LogP contribution in [-0.2, 0) is 4.74 Å². The molecule has 0 saturated carbocycles. The van der Waals surface area contributed by atoms with E-state index in [0.717, 1.165) is 25.2 Å². The molecule has 0 bridgehead atoms. The fraction of sp³-hybridized carbons (Fsp3) is 0.389. The molecule has 25 heavy (non-hydrogen) atoms. The van der Waals surface area contributed by atoms with Gasteiger partial charge in [0.1, 0.15) is 18.2 Å². The van der Waals surface area contributed by atoms with Crippen molar-refractivity contribution < 1.29 is 14.3 Å². The van der Waals surface area contributed by atoms with Gasteiger partial charge in [0.25, 0.3) is 5.91 Å². The second kappa shape index (κ2) is 8.98. The number of anilines is 1. The molecule has 2 aromatic rings. The lowest BCUT2D eigenvalue weighted by molar-refractivity contribution is 0.0679. The van der Waals surface area contributed by atoms with Crippen LogP contribution in [0.4, 0.5) is 5.82 Å². The number of hydrogen-bond acceptors (Lipinski definition) is 6. The minimum atomic E-state index is -0.119. The lowest BCUT2D eigenvalue weighted by atomic mass is 10.2. The van der Waals surface area contributed by atoms with Crippen molar-refractivity contribution >= 4 is 11.7 Å². The minimum Gasteiger partial charge on any atom is -0.491 e. The Morgan fingerprint density at radius 1 is 1.24 bits per heavy atom. The highest BCUT2D eigenvalue weighted by Gasteiger charge is 2.16. The largest absolute Gasteiger partial charge is 0.491 e. The Hall–Kier alpha value is -2.67. The van der Waals surface area contributed by atoms with E-state index >= 15 is 0 Å². The molecule has 0 unspecified atom stereocenters. The molecule has 3 rings (SSSR count). The molecule has 7 heteroatoms. The number of aromatic nitrogens is 2. The molecule has 7 nitrogen and oxygen atoms in total. The third-order valence-electron chi connectivity index (χ3n) is 3.86. The lowest BCUT2D eigenvalue weighted by Gasteiger charge is -2.12. The van der Waals surface area contributed by atoms with Gasteiger partial charge in [0.05, 0.1) is 12.3 Å². The summed E-state index contributed by atoms with van der Waals surface area (Å²) in [5, 5.41) is 5.94. The molecule has 1 amide bonds. The average molecular weight is 342 g/mol. The summed E-state index contributed by atoms with van der Waals surface area (Å²) < 4.78 is 11.2. The zero-order chi connectivity index (χ0) is 17.3. The molecule has 1 atom stereocenters. The summed E-state index contributed by atoms with van der Waals surface area (Å²) >= 11 is 0. The summed E-state index contributed by atoms with van der Waals surface area (Å²) in [4.78, 5) is 20.2. The van der Waals surface area contributed by atoms with Crippen LogP contribution in [0.25, 0.3) is 0 Å². The van der Waals surface area contributed by atoms with Crippen molar-refractivity contribution in [3.63, 3.8) is 0 Å². The van der Waals surface area contributed by atoms with Gasteiger partial charge in [-0.1, -0.05) is 0 Å². The molecule has 2 N–H and O–H groups in total. The van der Waals surface area contributed by atoms with Gasteiger partial charge in [0.15, 0.2) is 0 Å². The summed E-state index contributed by atoms with van der Waals surface area (Å²) in [7, 11) is 0. The Morgan fingerprint density at radius 2 is 2.12 bits per heavy atom. The number of benzene rings is 1. The summed E-state index contributed by atoms with van der Waals surface area (Å²) in [6, 6.07) is 7.13. The van der Waals surface area contributed by atoms with Crippen LogP contribution in [0.15, 0.2) is 42.9 Å². The summed E-state index contributed by atoms with van der Waals surface area (Å²) in [5.74, 6) is 1.31. The predicted molar refractivity (Wildman–Crippen MR) is 93.8 cm³/mol. The minimum absolute atomic E-state index is 0.119. The maximum absolute atomic E-state index is 12.1. The number of carbonyl (C=O) groups excluding carboxylic acids is 1. The quantitative estimate of drug-likeness (QED) is 0.713. The average Bonchev–Trinajstić information content (AvgIpc) is 3.18. The molecule has 1 aliphatic rings. The number of nitrogens with one attached hydrogen (secondary N) is 2. The molecule has 1 aromatic carbocycles. The highest BCUT2D eigenvalue weighted by Crippen LogP contribution is 2.16. The first-order valence-electron chi connectivity index (χ1n) is 8.44. The van der Waals surface area contributed by atoms with E-state index in [4.69, 9.17) is 9.47 Å². The van der Waals surface area contributed by atoms with Gasteiger partial charge in [0.2, 0.25) is 0 Å². The first-order valence-corrected chi connectivity index (χ1v) is 8.44. The van der Waals surface area contributed by atoms with Crippen molar-refractivity contribution in [2.24, 2.45) is 0 Å². The van der Waals surface area contributed by atoms with E-state index in [1.807, 2.05) is 12.1 Å². The smallest absolute Gasteiger partial charge is 0.251 e. The fourth-order valence-corrected chi connectivity index (χ4v) is 2.53. The van der Waals surface area contributed by atoms with E-state index in [0.29, 0.717) is 31.1 Å². The number of nitrogens with zero attached hydrogens (tertiary/aromatic N) is 2. The normalized spacial score (nSPS) is 16.4. The second-order valence-electron chi connectivity index (χ2n) is 5.74. The maximum atomic E-state index is 12.1. The molecule has 1 fully saturated rings. The van der Waals surface area contributed by atoms with Gasteiger partial charge in [-0.3, -0.25) is 9.78 Å². The summed E-state index contributed by atoms with van der Waals surface area (Å²) in [5.41, 5.74) is 0.601. The third kappa shape index (κ3) is 5.42. The van der Waals surface area contributed by atoms with Crippen LogP contribution >= 0.6 is 0 Å². The van der Waals surface area contributed by atoms with Crippen LogP contribution in [0.3, 0.4) is 0 Å². The van der Waals surface area contributed by atoms with Gasteiger partial charge in [-0.05, 0) is 37.1 Å². The predicted octanol–water partition coefficient (Wildman–Crippen LogP) is 1.88. The second-order valence-corrected chi connectivity index (χ2v) is 5.74. The van der Waals surface area contributed by atoms with E-state index in [-0.39, 0.29) is 12.0 Å². The lowest BCUT2D eigenvalue weighted by Crippen LogP contribution is -2.28. The number of ether oxygens (including phenoxy) is 2. The highest BCUT2D eigenvalue weighted by molar-refractivity contribution is 5.94. The maximum Gasteiger partial charge on any atom is 0.251 e. The van der Waals surface area contributed by atoms with Gasteiger partial charge in [0, 0.05) is 37.7 Å². The number of amides is 1. The van der Waals surface area contributed by atoms with Gasteiger partial charge >= 0.3 is 0 Å². The van der Waals surface area contributed by atoms with Crippen LogP contribution in [0.5, 0.6) is 5.75 Å². The van der Waals surface area contributed by atoms with E-state index in [2.05, 4.69) is 20.6 Å². The molecule has 132 valence electrons. The zero-order valence-electron chi connectivity index (χ0n) is 14.0. The van der Waals surface area contributed by atoms with Crippen molar-refractivity contribution in [1.82, 2.24) is 15.3 Å². The van der Waals surface area contributed by atoms with Gasteiger partial charge < -0.3 is 20.1 Å². The third-order valence-corrected chi connectivity index (χ3v) is 3.86. The van der Waals surface area contributed by atoms with Crippen LogP contribution in [0.2, 0.25) is 0 Å². The molecule has 2 heterocycles. The Kier molecular flexibility index (Phi) is 6.17. The van der Waals surface area contributed by atoms with Crippen LogP contribution < -0.4 is 15.4 Å². The molecular formula is C18H22N4O3. The van der Waals surface area contributed by atoms with Crippen molar-refractivity contribution in [2.75, 3.05) is 31.6 Å². The number of carbonyl (C=O) groups is 1. The topological polar surface area (TPSA) is 85.4 Å². The number of rotatable bonds is 8. The van der Waals surface area contributed by atoms with E-state index in [1.165, 1.54) is 0 Å².